The Kier molecular flexibility index (Phi) is 4.53. The number of nitrogens with zero attached hydrogens (tertiary/aromatic N) is 2. The lowest BCUT2D eigenvalue weighted by molar-refractivity contribution is 0.0481. The van der Waals surface area contributed by atoms with Crippen LogP contribution >= 0.6 is 0 Å². The van der Waals surface area contributed by atoms with Crippen LogP contribution in [0, 0.1) is 17.3 Å². The highest BCUT2D eigenvalue weighted by Crippen LogP contribution is 2.36. The van der Waals surface area contributed by atoms with E-state index in [2.05, 4.69) is 60.2 Å². The summed E-state index contributed by atoms with van der Waals surface area (Å²) in [4.78, 5) is 5.28. The second-order valence-corrected chi connectivity index (χ2v) is 8.77. The van der Waals surface area contributed by atoms with Gasteiger partial charge in [-0.15, -0.1) is 0 Å². The molecule has 1 aromatic rings. The molecule has 2 unspecified atom stereocenters. The predicted octanol–water partition coefficient (Wildman–Crippen LogP) is 3.93. The minimum Gasteiger partial charge on any atom is -0.306 e. The number of rotatable bonds is 3. The summed E-state index contributed by atoms with van der Waals surface area (Å²) in [7, 11) is 2.29. The molecule has 130 valence electrons. The van der Waals surface area contributed by atoms with Gasteiger partial charge in [-0.05, 0) is 80.7 Å². The van der Waals surface area contributed by atoms with Crippen LogP contribution in [0.1, 0.15) is 37.3 Å². The largest absolute Gasteiger partial charge is 0.306 e. The molecule has 2 saturated heterocycles. The number of hydrogen-bond donors (Lipinski definition) is 0. The molecule has 3 atom stereocenters. The molecule has 0 N–H and O–H groups in total. The monoisotopic (exact) mass is 324 g/mol. The lowest BCUT2D eigenvalue weighted by Gasteiger charge is -2.44. The molecule has 3 aliphatic rings. The average Bonchev–Trinajstić information content (AvgIpc) is 2.59. The topological polar surface area (TPSA) is 6.48 Å². The first-order valence-corrected chi connectivity index (χ1v) is 9.79. The molecule has 24 heavy (non-hydrogen) atoms. The van der Waals surface area contributed by atoms with Crippen molar-refractivity contribution in [3.05, 3.63) is 41.5 Å². The van der Waals surface area contributed by atoms with Crippen molar-refractivity contribution < 1.29 is 0 Å². The van der Waals surface area contributed by atoms with Crippen LogP contribution in [0.2, 0.25) is 0 Å². The molecule has 2 heterocycles. The number of likely N-dealkylation sites (tertiary alicyclic amines) is 2. The first kappa shape index (κ1) is 16.4. The Labute approximate surface area is 147 Å². The first-order valence-electron chi connectivity index (χ1n) is 9.79. The van der Waals surface area contributed by atoms with Crippen LogP contribution < -0.4 is 0 Å². The summed E-state index contributed by atoms with van der Waals surface area (Å²) >= 11 is 0. The highest BCUT2D eigenvalue weighted by atomic mass is 15.2. The van der Waals surface area contributed by atoms with Gasteiger partial charge in [0.1, 0.15) is 0 Å². The SMILES string of the molecule is CN1CCC2CCN(CC[C@]3(C)C=Cc4ccccc4C3)CC2C1. The highest BCUT2D eigenvalue weighted by molar-refractivity contribution is 5.57. The third kappa shape index (κ3) is 3.45. The normalized spacial score (nSPS) is 33.9. The van der Waals surface area contributed by atoms with E-state index < -0.39 is 0 Å². The summed E-state index contributed by atoms with van der Waals surface area (Å²) in [5.41, 5.74) is 3.27. The van der Waals surface area contributed by atoms with Crippen molar-refractivity contribution in [2.75, 3.05) is 39.8 Å². The Morgan fingerprint density at radius 3 is 2.83 bits per heavy atom. The van der Waals surface area contributed by atoms with E-state index in [1.807, 2.05) is 0 Å². The summed E-state index contributed by atoms with van der Waals surface area (Å²) in [6.45, 7) is 8.97. The average molecular weight is 325 g/mol. The zero-order valence-electron chi connectivity index (χ0n) is 15.4. The second kappa shape index (κ2) is 6.65. The van der Waals surface area contributed by atoms with Crippen molar-refractivity contribution in [1.82, 2.24) is 9.80 Å². The van der Waals surface area contributed by atoms with Gasteiger partial charge in [0.2, 0.25) is 0 Å². The maximum Gasteiger partial charge on any atom is 0.00246 e. The highest BCUT2D eigenvalue weighted by Gasteiger charge is 2.34. The number of benzene rings is 1. The Morgan fingerprint density at radius 1 is 1.08 bits per heavy atom. The third-order valence-corrected chi connectivity index (χ3v) is 6.72. The van der Waals surface area contributed by atoms with E-state index >= 15 is 0 Å². The Morgan fingerprint density at radius 2 is 1.92 bits per heavy atom. The summed E-state index contributed by atoms with van der Waals surface area (Å²) in [6.07, 6.45) is 10.1. The molecule has 4 rings (SSSR count). The molecular formula is C22H32N2. The summed E-state index contributed by atoms with van der Waals surface area (Å²) in [6, 6.07) is 8.89. The molecule has 0 saturated carbocycles. The van der Waals surface area contributed by atoms with Gasteiger partial charge in [-0.3, -0.25) is 0 Å². The van der Waals surface area contributed by atoms with Crippen LogP contribution in [0.4, 0.5) is 0 Å². The fraction of sp³-hybridized carbons (Fsp3) is 0.636. The number of hydrogen-bond acceptors (Lipinski definition) is 2. The van der Waals surface area contributed by atoms with E-state index in [-0.39, 0.29) is 0 Å². The van der Waals surface area contributed by atoms with Crippen LogP contribution in [0.25, 0.3) is 6.08 Å². The van der Waals surface area contributed by atoms with E-state index in [9.17, 15) is 0 Å². The molecule has 0 amide bonds. The molecule has 0 spiro atoms. The molecule has 0 bridgehead atoms. The van der Waals surface area contributed by atoms with E-state index in [0.717, 1.165) is 11.8 Å². The number of allylic oxidation sites excluding steroid dienone is 1. The quantitative estimate of drug-likeness (QED) is 0.831. The van der Waals surface area contributed by atoms with Crippen molar-refractivity contribution in [2.24, 2.45) is 17.3 Å². The van der Waals surface area contributed by atoms with Crippen LogP contribution in [-0.4, -0.2) is 49.6 Å². The molecule has 2 heteroatoms. The lowest BCUT2D eigenvalue weighted by Crippen LogP contribution is -2.49. The van der Waals surface area contributed by atoms with E-state index in [4.69, 9.17) is 0 Å². The second-order valence-electron chi connectivity index (χ2n) is 8.77. The standard InChI is InChI=1S/C22H32N2/c1-22(10-7-18-5-3-4-6-20(18)15-22)11-14-24-13-9-19-8-12-23(2)16-21(19)17-24/h3-7,10,19,21H,8-9,11-17H2,1-2H3/t19?,21?,22-/m0/s1. The molecule has 2 fully saturated rings. The molecular weight excluding hydrogens is 292 g/mol. The zero-order chi connectivity index (χ0) is 16.6. The van der Waals surface area contributed by atoms with Gasteiger partial charge in [-0.25, -0.2) is 0 Å². The van der Waals surface area contributed by atoms with E-state index in [0.29, 0.717) is 5.41 Å². The maximum absolute atomic E-state index is 2.75. The fourth-order valence-corrected chi connectivity index (χ4v) is 5.05. The van der Waals surface area contributed by atoms with Gasteiger partial charge in [0.05, 0.1) is 0 Å². The molecule has 1 aromatic carbocycles. The summed E-state index contributed by atoms with van der Waals surface area (Å²) < 4.78 is 0. The van der Waals surface area contributed by atoms with Gasteiger partial charge >= 0.3 is 0 Å². The Bertz CT molecular complexity index is 608. The van der Waals surface area contributed by atoms with Crippen LogP contribution in [0.5, 0.6) is 0 Å². The number of fused-ring (bicyclic) bond motifs is 2. The molecule has 2 nitrogen and oxygen atoms in total. The lowest BCUT2D eigenvalue weighted by atomic mass is 9.75. The fourth-order valence-electron chi connectivity index (χ4n) is 5.05. The van der Waals surface area contributed by atoms with E-state index in [1.165, 1.54) is 69.5 Å². The smallest absolute Gasteiger partial charge is 0.00246 e. The first-order chi connectivity index (χ1) is 11.6. The number of piperidine rings is 2. The zero-order valence-corrected chi connectivity index (χ0v) is 15.4. The van der Waals surface area contributed by atoms with Crippen molar-refractivity contribution >= 4 is 6.08 Å². The van der Waals surface area contributed by atoms with Crippen LogP contribution in [0.3, 0.4) is 0 Å². The van der Waals surface area contributed by atoms with E-state index in [1.54, 1.807) is 0 Å². The molecule has 0 radical (unpaired) electrons. The summed E-state index contributed by atoms with van der Waals surface area (Å²) in [5.74, 6) is 1.91. The molecule has 0 aromatic heterocycles. The molecule has 2 aliphatic heterocycles. The Balaban J connectivity index is 1.34. The van der Waals surface area contributed by atoms with Gasteiger partial charge in [0.25, 0.3) is 0 Å². The van der Waals surface area contributed by atoms with Crippen molar-refractivity contribution in [1.29, 1.82) is 0 Å². The van der Waals surface area contributed by atoms with Gasteiger partial charge in [0.15, 0.2) is 0 Å². The van der Waals surface area contributed by atoms with Gasteiger partial charge in [0, 0.05) is 13.1 Å². The minimum absolute atomic E-state index is 0.328. The van der Waals surface area contributed by atoms with Gasteiger partial charge in [-0.2, -0.15) is 0 Å². The third-order valence-electron chi connectivity index (χ3n) is 6.72. The maximum atomic E-state index is 2.75. The van der Waals surface area contributed by atoms with Crippen LogP contribution in [0.15, 0.2) is 30.3 Å². The predicted molar refractivity (Wildman–Crippen MR) is 102 cm³/mol. The van der Waals surface area contributed by atoms with Crippen LogP contribution in [-0.2, 0) is 6.42 Å². The van der Waals surface area contributed by atoms with Gasteiger partial charge < -0.3 is 9.80 Å². The minimum atomic E-state index is 0.328. The Hall–Kier alpha value is -1.12. The molecule has 1 aliphatic carbocycles. The summed E-state index contributed by atoms with van der Waals surface area (Å²) in [5, 5.41) is 0. The van der Waals surface area contributed by atoms with Crippen molar-refractivity contribution in [3.8, 4) is 0 Å². The van der Waals surface area contributed by atoms with Crippen molar-refractivity contribution in [2.45, 2.75) is 32.6 Å². The van der Waals surface area contributed by atoms with Crippen molar-refractivity contribution in [3.63, 3.8) is 0 Å². The van der Waals surface area contributed by atoms with Gasteiger partial charge in [-0.1, -0.05) is 43.3 Å².